The Hall–Kier alpha value is -2.04. The lowest BCUT2D eigenvalue weighted by Gasteiger charge is -2.15. The lowest BCUT2D eigenvalue weighted by molar-refractivity contribution is -0.128. The largest absolute Gasteiger partial charge is 0.399 e. The van der Waals surface area contributed by atoms with E-state index in [4.69, 9.17) is 5.73 Å². The van der Waals surface area contributed by atoms with E-state index in [9.17, 15) is 9.59 Å². The van der Waals surface area contributed by atoms with E-state index in [1.54, 1.807) is 0 Å². The average molecular weight is 275 g/mol. The summed E-state index contributed by atoms with van der Waals surface area (Å²) in [4.78, 5) is 23.7. The first-order chi connectivity index (χ1) is 9.66. The fourth-order valence-corrected chi connectivity index (χ4v) is 2.35. The molecule has 5 heteroatoms. The van der Waals surface area contributed by atoms with Crippen LogP contribution in [0.5, 0.6) is 0 Å². The van der Waals surface area contributed by atoms with Gasteiger partial charge >= 0.3 is 0 Å². The molecular formula is C15H21N3O2. The van der Waals surface area contributed by atoms with Gasteiger partial charge in [-0.25, -0.2) is 0 Å². The number of carbonyl (C=O) groups is 2. The fraction of sp³-hybridized carbons (Fsp3) is 0.467. The summed E-state index contributed by atoms with van der Waals surface area (Å²) in [6.07, 6.45) is 3.57. The van der Waals surface area contributed by atoms with Gasteiger partial charge in [0.05, 0.1) is 0 Å². The number of nitrogen functional groups attached to an aromatic ring is 1. The lowest BCUT2D eigenvalue weighted by Crippen LogP contribution is -2.45. The zero-order chi connectivity index (χ0) is 14.4. The van der Waals surface area contributed by atoms with Crippen LogP contribution in [0.3, 0.4) is 0 Å². The van der Waals surface area contributed by atoms with Gasteiger partial charge in [0, 0.05) is 18.7 Å². The summed E-state index contributed by atoms with van der Waals surface area (Å²) in [5, 5.41) is 5.62. The summed E-state index contributed by atoms with van der Waals surface area (Å²) in [5.74, 6) is -0.176. The summed E-state index contributed by atoms with van der Waals surface area (Å²) in [7, 11) is 0. The second-order valence-corrected chi connectivity index (χ2v) is 5.11. The highest BCUT2D eigenvalue weighted by Crippen LogP contribution is 2.13. The highest BCUT2D eigenvalue weighted by molar-refractivity contribution is 5.87. The topological polar surface area (TPSA) is 84.2 Å². The van der Waals surface area contributed by atoms with E-state index in [-0.39, 0.29) is 11.8 Å². The molecule has 1 aromatic rings. The fourth-order valence-electron chi connectivity index (χ4n) is 2.35. The molecule has 1 saturated heterocycles. The molecule has 5 nitrogen and oxygen atoms in total. The highest BCUT2D eigenvalue weighted by atomic mass is 16.2. The monoisotopic (exact) mass is 275 g/mol. The lowest BCUT2D eigenvalue weighted by atomic mass is 10.1. The van der Waals surface area contributed by atoms with Crippen molar-refractivity contribution in [1.29, 1.82) is 0 Å². The van der Waals surface area contributed by atoms with Crippen molar-refractivity contribution in [2.75, 3.05) is 12.3 Å². The zero-order valence-electron chi connectivity index (χ0n) is 11.5. The van der Waals surface area contributed by atoms with Crippen molar-refractivity contribution < 1.29 is 9.59 Å². The first kappa shape index (κ1) is 14.4. The van der Waals surface area contributed by atoms with Crippen LogP contribution >= 0.6 is 0 Å². The Morgan fingerprint density at radius 1 is 1.35 bits per heavy atom. The first-order valence-corrected chi connectivity index (χ1v) is 7.07. The van der Waals surface area contributed by atoms with Gasteiger partial charge in [-0.05, 0) is 37.3 Å². The molecule has 1 aliphatic heterocycles. The number of amides is 2. The number of rotatable bonds is 4. The summed E-state index contributed by atoms with van der Waals surface area (Å²) >= 11 is 0. The molecule has 20 heavy (non-hydrogen) atoms. The van der Waals surface area contributed by atoms with E-state index in [1.807, 2.05) is 24.3 Å². The Kier molecular flexibility index (Phi) is 4.98. The Balaban J connectivity index is 1.83. The zero-order valence-corrected chi connectivity index (χ0v) is 11.5. The molecule has 0 spiro atoms. The third kappa shape index (κ3) is 3.98. The van der Waals surface area contributed by atoms with Crippen LogP contribution in [-0.2, 0) is 16.0 Å². The molecule has 4 N–H and O–H groups in total. The number of nitrogens with one attached hydrogen (secondary N) is 2. The predicted octanol–water partition coefficient (Wildman–Crippen LogP) is 0.986. The molecule has 0 saturated carbocycles. The highest BCUT2D eigenvalue weighted by Gasteiger charge is 2.22. The summed E-state index contributed by atoms with van der Waals surface area (Å²) in [6, 6.07) is 7.13. The van der Waals surface area contributed by atoms with Gasteiger partial charge < -0.3 is 16.4 Å². The van der Waals surface area contributed by atoms with Gasteiger partial charge in [-0.2, -0.15) is 0 Å². The van der Waals surface area contributed by atoms with E-state index < -0.39 is 6.04 Å². The summed E-state index contributed by atoms with van der Waals surface area (Å²) in [5.41, 5.74) is 7.51. The van der Waals surface area contributed by atoms with Crippen molar-refractivity contribution in [2.24, 2.45) is 0 Å². The van der Waals surface area contributed by atoms with Crippen LogP contribution < -0.4 is 16.4 Å². The smallest absolute Gasteiger partial charge is 0.242 e. The molecule has 1 aliphatic rings. The van der Waals surface area contributed by atoms with E-state index in [0.717, 1.165) is 18.4 Å². The van der Waals surface area contributed by atoms with Crippen LogP contribution in [0.1, 0.15) is 31.2 Å². The van der Waals surface area contributed by atoms with Crippen molar-refractivity contribution in [3.05, 3.63) is 29.8 Å². The SMILES string of the molecule is Nc1ccccc1CCC(=O)NC1CCCCNC1=O. The molecule has 0 bridgehead atoms. The molecule has 1 atom stereocenters. The van der Waals surface area contributed by atoms with Gasteiger partial charge in [-0.3, -0.25) is 9.59 Å². The number of benzene rings is 1. The van der Waals surface area contributed by atoms with Gasteiger partial charge in [-0.1, -0.05) is 18.2 Å². The second kappa shape index (κ2) is 6.93. The minimum Gasteiger partial charge on any atom is -0.399 e. The number of carbonyl (C=O) groups excluding carboxylic acids is 2. The van der Waals surface area contributed by atoms with Gasteiger partial charge in [0.15, 0.2) is 0 Å². The van der Waals surface area contributed by atoms with Crippen LogP contribution in [0.4, 0.5) is 5.69 Å². The Bertz CT molecular complexity index is 488. The summed E-state index contributed by atoms with van der Waals surface area (Å²) in [6.45, 7) is 0.700. The van der Waals surface area contributed by atoms with Gasteiger partial charge in [0.1, 0.15) is 6.04 Å². The number of anilines is 1. The van der Waals surface area contributed by atoms with Crippen molar-refractivity contribution in [3.63, 3.8) is 0 Å². The van der Waals surface area contributed by atoms with Crippen LogP contribution in [0, 0.1) is 0 Å². The van der Waals surface area contributed by atoms with Crippen LogP contribution in [0.2, 0.25) is 0 Å². The van der Waals surface area contributed by atoms with E-state index >= 15 is 0 Å². The molecule has 0 aromatic heterocycles. The minimum absolute atomic E-state index is 0.0740. The number of aryl methyl sites for hydroxylation is 1. The van der Waals surface area contributed by atoms with Crippen molar-refractivity contribution >= 4 is 17.5 Å². The Morgan fingerprint density at radius 2 is 2.15 bits per heavy atom. The van der Waals surface area contributed by atoms with E-state index in [0.29, 0.717) is 31.5 Å². The van der Waals surface area contributed by atoms with Crippen molar-refractivity contribution in [3.8, 4) is 0 Å². The van der Waals surface area contributed by atoms with Gasteiger partial charge in [0.25, 0.3) is 0 Å². The maximum atomic E-state index is 11.9. The molecule has 1 fully saturated rings. The van der Waals surface area contributed by atoms with E-state index in [2.05, 4.69) is 10.6 Å². The molecule has 1 unspecified atom stereocenters. The third-order valence-electron chi connectivity index (χ3n) is 3.55. The molecule has 0 aliphatic carbocycles. The predicted molar refractivity (Wildman–Crippen MR) is 78.0 cm³/mol. The van der Waals surface area contributed by atoms with Crippen LogP contribution in [0.25, 0.3) is 0 Å². The maximum Gasteiger partial charge on any atom is 0.242 e. The van der Waals surface area contributed by atoms with Gasteiger partial charge in [-0.15, -0.1) is 0 Å². The molecule has 1 heterocycles. The molecule has 108 valence electrons. The second-order valence-electron chi connectivity index (χ2n) is 5.11. The first-order valence-electron chi connectivity index (χ1n) is 7.07. The Morgan fingerprint density at radius 3 is 2.95 bits per heavy atom. The van der Waals surface area contributed by atoms with Crippen molar-refractivity contribution in [2.45, 2.75) is 38.1 Å². The van der Waals surface area contributed by atoms with E-state index in [1.165, 1.54) is 0 Å². The third-order valence-corrected chi connectivity index (χ3v) is 3.55. The quantitative estimate of drug-likeness (QED) is 0.716. The Labute approximate surface area is 118 Å². The maximum absolute atomic E-state index is 11.9. The molecule has 0 radical (unpaired) electrons. The van der Waals surface area contributed by atoms with Gasteiger partial charge in [0.2, 0.25) is 11.8 Å². The molecule has 2 rings (SSSR count). The summed E-state index contributed by atoms with van der Waals surface area (Å²) < 4.78 is 0. The molecule has 1 aromatic carbocycles. The number of nitrogens with two attached hydrogens (primary N) is 1. The average Bonchev–Trinajstić information content (AvgIpc) is 2.63. The number of para-hydroxylation sites is 1. The molecular weight excluding hydrogens is 254 g/mol. The standard InChI is InChI=1S/C15H21N3O2/c16-12-6-2-1-5-11(12)8-9-14(19)18-13-7-3-4-10-17-15(13)20/h1-2,5-6,13H,3-4,7-10,16H2,(H,17,20)(H,18,19). The normalized spacial score (nSPS) is 19.0. The minimum atomic E-state index is -0.391. The van der Waals surface area contributed by atoms with Crippen LogP contribution in [-0.4, -0.2) is 24.4 Å². The van der Waals surface area contributed by atoms with Crippen LogP contribution in [0.15, 0.2) is 24.3 Å². The van der Waals surface area contributed by atoms with Crippen molar-refractivity contribution in [1.82, 2.24) is 10.6 Å². The number of hydrogen-bond donors (Lipinski definition) is 3. The number of hydrogen-bond acceptors (Lipinski definition) is 3. The molecule has 2 amide bonds.